The average Bonchev–Trinajstić information content (AvgIpc) is 3.13. The molecule has 1 heterocycles. The number of nitrogens with zero attached hydrogens (tertiary/aromatic N) is 2. The molecule has 1 fully saturated rings. The molecule has 18 heavy (non-hydrogen) atoms. The zero-order valence-corrected chi connectivity index (χ0v) is 11.9. The molecule has 1 aromatic carbocycles. The summed E-state index contributed by atoms with van der Waals surface area (Å²) in [5, 5.41) is 1.17. The fourth-order valence-electron chi connectivity index (χ4n) is 2.22. The summed E-state index contributed by atoms with van der Waals surface area (Å²) in [4.78, 5) is 14.0. The monoisotopic (exact) mass is 306 g/mol. The Hall–Kier alpha value is -1.29. The maximum Gasteiger partial charge on any atom is 0.242 e. The molecule has 4 heteroatoms. The number of aromatic nitrogens is 1. The summed E-state index contributed by atoms with van der Waals surface area (Å²) in [5.74, 6) is 0.190. The second-order valence-electron chi connectivity index (χ2n) is 4.88. The predicted octanol–water partition coefficient (Wildman–Crippen LogP) is 3.02. The zero-order chi connectivity index (χ0) is 12.7. The summed E-state index contributed by atoms with van der Waals surface area (Å²) in [6.45, 7) is 0.424. The number of carbonyl (C=O) groups is 1. The van der Waals surface area contributed by atoms with Gasteiger partial charge in [-0.2, -0.15) is 0 Å². The van der Waals surface area contributed by atoms with E-state index in [1.807, 2.05) is 34.8 Å². The number of amides is 1. The Morgan fingerprint density at radius 2 is 2.22 bits per heavy atom. The molecule has 1 saturated carbocycles. The Morgan fingerprint density at radius 3 is 2.94 bits per heavy atom. The van der Waals surface area contributed by atoms with Crippen molar-refractivity contribution >= 4 is 32.7 Å². The summed E-state index contributed by atoms with van der Waals surface area (Å²) in [5.41, 5.74) is 1.10. The molecule has 1 aromatic heterocycles. The van der Waals surface area contributed by atoms with E-state index in [1.165, 1.54) is 5.39 Å². The number of benzene rings is 1. The zero-order valence-electron chi connectivity index (χ0n) is 10.3. The smallest absolute Gasteiger partial charge is 0.242 e. The number of hydrogen-bond donors (Lipinski definition) is 0. The lowest BCUT2D eigenvalue weighted by molar-refractivity contribution is -0.130. The van der Waals surface area contributed by atoms with Crippen molar-refractivity contribution in [1.29, 1.82) is 0 Å². The molecule has 0 atom stereocenters. The average molecular weight is 307 g/mol. The molecule has 0 N–H and O–H groups in total. The van der Waals surface area contributed by atoms with E-state index in [1.54, 1.807) is 0 Å². The minimum atomic E-state index is 0.190. The van der Waals surface area contributed by atoms with Gasteiger partial charge in [0.25, 0.3) is 0 Å². The Morgan fingerprint density at radius 1 is 1.44 bits per heavy atom. The van der Waals surface area contributed by atoms with Crippen LogP contribution < -0.4 is 0 Å². The number of rotatable bonds is 3. The highest BCUT2D eigenvalue weighted by molar-refractivity contribution is 9.10. The van der Waals surface area contributed by atoms with Gasteiger partial charge in [-0.05, 0) is 36.4 Å². The van der Waals surface area contributed by atoms with Crippen LogP contribution >= 0.6 is 15.9 Å². The highest BCUT2D eigenvalue weighted by Crippen LogP contribution is 2.26. The van der Waals surface area contributed by atoms with E-state index in [0.717, 1.165) is 22.8 Å². The summed E-state index contributed by atoms with van der Waals surface area (Å²) >= 11 is 3.47. The van der Waals surface area contributed by atoms with Crippen LogP contribution in [0.5, 0.6) is 0 Å². The van der Waals surface area contributed by atoms with Crippen LogP contribution in [0.15, 0.2) is 34.9 Å². The fourth-order valence-corrected chi connectivity index (χ4v) is 2.57. The Balaban J connectivity index is 1.85. The van der Waals surface area contributed by atoms with Gasteiger partial charge in [0.2, 0.25) is 5.91 Å². The van der Waals surface area contributed by atoms with Crippen LogP contribution in [-0.2, 0) is 11.3 Å². The predicted molar refractivity (Wildman–Crippen MR) is 75.4 cm³/mol. The van der Waals surface area contributed by atoms with Crippen molar-refractivity contribution in [1.82, 2.24) is 9.47 Å². The van der Waals surface area contributed by atoms with Gasteiger partial charge >= 0.3 is 0 Å². The lowest BCUT2D eigenvalue weighted by Gasteiger charge is -2.17. The highest BCUT2D eigenvalue weighted by Gasteiger charge is 2.29. The lowest BCUT2D eigenvalue weighted by atomic mass is 10.2. The summed E-state index contributed by atoms with van der Waals surface area (Å²) in [6, 6.07) is 8.66. The van der Waals surface area contributed by atoms with Gasteiger partial charge in [0, 0.05) is 29.3 Å². The normalized spacial score (nSPS) is 15.0. The van der Waals surface area contributed by atoms with Crippen molar-refractivity contribution in [2.24, 2.45) is 0 Å². The Labute approximate surface area is 115 Å². The molecule has 0 bridgehead atoms. The van der Waals surface area contributed by atoms with Gasteiger partial charge < -0.3 is 9.47 Å². The van der Waals surface area contributed by atoms with E-state index in [9.17, 15) is 4.79 Å². The molecule has 94 valence electrons. The molecular weight excluding hydrogens is 292 g/mol. The van der Waals surface area contributed by atoms with E-state index in [0.29, 0.717) is 12.6 Å². The van der Waals surface area contributed by atoms with Gasteiger partial charge in [0.1, 0.15) is 6.54 Å². The lowest BCUT2D eigenvalue weighted by Crippen LogP contribution is -2.31. The van der Waals surface area contributed by atoms with Crippen LogP contribution in [0.1, 0.15) is 12.8 Å². The molecule has 0 aliphatic heterocycles. The van der Waals surface area contributed by atoms with Crippen molar-refractivity contribution in [3.8, 4) is 0 Å². The number of halogens is 1. The first-order valence-corrected chi connectivity index (χ1v) is 6.94. The van der Waals surface area contributed by atoms with Gasteiger partial charge in [-0.15, -0.1) is 0 Å². The van der Waals surface area contributed by atoms with Crippen molar-refractivity contribution < 1.29 is 4.79 Å². The second-order valence-corrected chi connectivity index (χ2v) is 5.80. The number of fused-ring (bicyclic) bond motifs is 1. The minimum Gasteiger partial charge on any atom is -0.341 e. The molecule has 3 nitrogen and oxygen atoms in total. The van der Waals surface area contributed by atoms with Crippen molar-refractivity contribution in [2.45, 2.75) is 25.4 Å². The first-order chi connectivity index (χ1) is 8.65. The third-order valence-corrected chi connectivity index (χ3v) is 4.02. The molecular formula is C14H15BrN2O. The maximum atomic E-state index is 12.1. The van der Waals surface area contributed by atoms with Crippen LogP contribution in [0, 0.1) is 0 Å². The van der Waals surface area contributed by atoms with E-state index >= 15 is 0 Å². The van der Waals surface area contributed by atoms with Crippen LogP contribution in [0.3, 0.4) is 0 Å². The van der Waals surface area contributed by atoms with Gasteiger partial charge in [-0.25, -0.2) is 0 Å². The Kier molecular flexibility index (Phi) is 2.90. The molecule has 0 spiro atoms. The number of likely N-dealkylation sites (N-methyl/N-ethyl adjacent to an activating group) is 1. The molecule has 2 aromatic rings. The van der Waals surface area contributed by atoms with Crippen LogP contribution in [0.2, 0.25) is 0 Å². The van der Waals surface area contributed by atoms with Crippen molar-refractivity contribution in [3.05, 3.63) is 34.9 Å². The molecule has 0 radical (unpaired) electrons. The van der Waals surface area contributed by atoms with E-state index < -0.39 is 0 Å². The fraction of sp³-hybridized carbons (Fsp3) is 0.357. The summed E-state index contributed by atoms with van der Waals surface area (Å²) in [6.07, 6.45) is 4.29. The van der Waals surface area contributed by atoms with E-state index in [4.69, 9.17) is 0 Å². The quantitative estimate of drug-likeness (QED) is 0.855. The van der Waals surface area contributed by atoms with Gasteiger partial charge in [-0.3, -0.25) is 4.79 Å². The van der Waals surface area contributed by atoms with Gasteiger partial charge in [0.05, 0.1) is 0 Å². The van der Waals surface area contributed by atoms with Gasteiger partial charge in [0.15, 0.2) is 0 Å². The van der Waals surface area contributed by atoms with Crippen LogP contribution in [0.25, 0.3) is 10.9 Å². The summed E-state index contributed by atoms with van der Waals surface area (Å²) in [7, 11) is 1.90. The number of hydrogen-bond acceptors (Lipinski definition) is 1. The standard InChI is InChI=1S/C14H15BrN2O/c1-16(12-4-5-12)14(18)9-17-7-6-10-2-3-11(15)8-13(10)17/h2-3,6-8,12H,4-5,9H2,1H3. The molecule has 0 unspecified atom stereocenters. The molecule has 1 aliphatic rings. The van der Waals surface area contributed by atoms with E-state index in [-0.39, 0.29) is 5.91 Å². The Bertz CT molecular complexity index is 601. The topological polar surface area (TPSA) is 25.2 Å². The van der Waals surface area contributed by atoms with Crippen LogP contribution in [-0.4, -0.2) is 28.5 Å². The highest BCUT2D eigenvalue weighted by atomic mass is 79.9. The largest absolute Gasteiger partial charge is 0.341 e. The maximum absolute atomic E-state index is 12.1. The summed E-state index contributed by atoms with van der Waals surface area (Å²) < 4.78 is 3.05. The second kappa shape index (κ2) is 4.43. The molecule has 1 amide bonds. The van der Waals surface area contributed by atoms with Crippen molar-refractivity contribution in [2.75, 3.05) is 7.05 Å². The van der Waals surface area contributed by atoms with Gasteiger partial charge in [-0.1, -0.05) is 22.0 Å². The van der Waals surface area contributed by atoms with Crippen LogP contribution in [0.4, 0.5) is 0 Å². The molecule has 3 rings (SSSR count). The first-order valence-electron chi connectivity index (χ1n) is 6.15. The molecule has 1 aliphatic carbocycles. The first kappa shape index (κ1) is 11.8. The van der Waals surface area contributed by atoms with Crippen molar-refractivity contribution in [3.63, 3.8) is 0 Å². The third kappa shape index (κ3) is 2.17. The minimum absolute atomic E-state index is 0.190. The SMILES string of the molecule is CN(C(=O)Cn1ccc2ccc(Br)cc21)C1CC1. The third-order valence-electron chi connectivity index (χ3n) is 3.53. The number of carbonyl (C=O) groups excluding carboxylic acids is 1. The van der Waals surface area contributed by atoms with E-state index in [2.05, 4.69) is 28.1 Å². The molecule has 0 saturated heterocycles.